The number of aryl methyl sites for hydroxylation is 1. The maximum absolute atomic E-state index is 9.95. The van der Waals surface area contributed by atoms with Gasteiger partial charge in [-0.1, -0.05) is 29.5 Å². The summed E-state index contributed by atoms with van der Waals surface area (Å²) >= 11 is 0. The molecule has 1 unspecified atom stereocenters. The summed E-state index contributed by atoms with van der Waals surface area (Å²) < 4.78 is 1.86. The quantitative estimate of drug-likeness (QED) is 0.933. The normalized spacial score (nSPS) is 18.9. The predicted octanol–water partition coefficient (Wildman–Crippen LogP) is 2.63. The Balaban J connectivity index is 1.81. The number of nitrogens with zero attached hydrogens (tertiary/aromatic N) is 3. The first-order chi connectivity index (χ1) is 9.54. The van der Waals surface area contributed by atoms with Crippen molar-refractivity contribution in [2.24, 2.45) is 0 Å². The van der Waals surface area contributed by atoms with Crippen LogP contribution >= 0.6 is 0 Å². The van der Waals surface area contributed by atoms with Gasteiger partial charge in [0.05, 0.1) is 6.20 Å². The van der Waals surface area contributed by atoms with Gasteiger partial charge in [0.2, 0.25) is 0 Å². The fraction of sp³-hybridized carbons (Fsp3) is 0.500. The zero-order chi connectivity index (χ0) is 14.2. The van der Waals surface area contributed by atoms with E-state index in [1.165, 1.54) is 30.4 Å². The summed E-state index contributed by atoms with van der Waals surface area (Å²) in [6, 6.07) is 8.68. The smallest absolute Gasteiger partial charge is 0.114 e. The van der Waals surface area contributed by atoms with Crippen molar-refractivity contribution in [2.45, 2.75) is 51.2 Å². The van der Waals surface area contributed by atoms with Gasteiger partial charge in [-0.25, -0.2) is 0 Å². The Morgan fingerprint density at radius 3 is 2.90 bits per heavy atom. The number of aliphatic hydroxyl groups is 1. The molecule has 0 saturated heterocycles. The van der Waals surface area contributed by atoms with E-state index >= 15 is 0 Å². The van der Waals surface area contributed by atoms with Crippen molar-refractivity contribution < 1.29 is 5.11 Å². The zero-order valence-corrected chi connectivity index (χ0v) is 12.1. The molecule has 1 aliphatic rings. The minimum Gasteiger partial charge on any atom is -0.384 e. The number of hydrogen-bond acceptors (Lipinski definition) is 3. The summed E-state index contributed by atoms with van der Waals surface area (Å²) in [7, 11) is 0. The van der Waals surface area contributed by atoms with E-state index in [1.54, 1.807) is 13.8 Å². The van der Waals surface area contributed by atoms with Crippen LogP contribution in [0.15, 0.2) is 30.5 Å². The fourth-order valence-electron chi connectivity index (χ4n) is 2.94. The minimum atomic E-state index is -0.928. The molecule has 106 valence electrons. The summed E-state index contributed by atoms with van der Waals surface area (Å²) in [5.74, 6) is 0.497. The lowest BCUT2D eigenvalue weighted by molar-refractivity contribution is 0.0737. The molecule has 0 amide bonds. The second-order valence-electron chi connectivity index (χ2n) is 6.17. The molecule has 0 aliphatic heterocycles. The molecule has 0 radical (unpaired) electrons. The topological polar surface area (TPSA) is 50.9 Å². The second kappa shape index (κ2) is 5.02. The van der Waals surface area contributed by atoms with Crippen molar-refractivity contribution >= 4 is 0 Å². The van der Waals surface area contributed by atoms with Gasteiger partial charge in [-0.3, -0.25) is 4.68 Å². The Morgan fingerprint density at radius 1 is 1.35 bits per heavy atom. The van der Waals surface area contributed by atoms with Crippen molar-refractivity contribution in [1.29, 1.82) is 0 Å². The summed E-state index contributed by atoms with van der Waals surface area (Å²) in [6.45, 7) is 4.30. The highest BCUT2D eigenvalue weighted by Crippen LogP contribution is 2.32. The Kier molecular flexibility index (Phi) is 3.34. The lowest BCUT2D eigenvalue weighted by atomic mass is 9.83. The maximum atomic E-state index is 9.95. The second-order valence-corrected chi connectivity index (χ2v) is 6.17. The highest BCUT2D eigenvalue weighted by atomic mass is 16.3. The summed E-state index contributed by atoms with van der Waals surface area (Å²) in [4.78, 5) is 0. The van der Waals surface area contributed by atoms with Gasteiger partial charge in [0.25, 0.3) is 0 Å². The molecule has 2 aromatic rings. The number of aromatic nitrogens is 3. The van der Waals surface area contributed by atoms with Crippen molar-refractivity contribution in [1.82, 2.24) is 15.0 Å². The van der Waals surface area contributed by atoms with Crippen LogP contribution < -0.4 is 0 Å². The van der Waals surface area contributed by atoms with Crippen LogP contribution in [0.2, 0.25) is 0 Å². The van der Waals surface area contributed by atoms with Crippen LogP contribution in [0.3, 0.4) is 0 Å². The Hall–Kier alpha value is -1.68. The molecule has 1 aromatic carbocycles. The van der Waals surface area contributed by atoms with E-state index in [4.69, 9.17) is 0 Å². The molecule has 1 heterocycles. The standard InChI is InChI=1S/C16H21N3O/c1-16(2,20)15-11-19(18-17-15)10-13-8-5-7-12-6-3-4-9-14(12)13/h3-4,6,9,11,13,20H,5,7-8,10H2,1-2H3. The number of rotatable bonds is 3. The third kappa shape index (κ3) is 2.61. The molecule has 4 nitrogen and oxygen atoms in total. The first-order valence-corrected chi connectivity index (χ1v) is 7.25. The fourth-order valence-corrected chi connectivity index (χ4v) is 2.94. The third-order valence-electron chi connectivity index (χ3n) is 4.07. The van der Waals surface area contributed by atoms with Crippen LogP contribution in [0.1, 0.15) is 49.4 Å². The van der Waals surface area contributed by atoms with Crippen LogP contribution in [-0.2, 0) is 18.6 Å². The van der Waals surface area contributed by atoms with Crippen LogP contribution in [-0.4, -0.2) is 20.1 Å². The number of hydrogen-bond donors (Lipinski definition) is 1. The van der Waals surface area contributed by atoms with E-state index in [1.807, 2.05) is 10.9 Å². The van der Waals surface area contributed by atoms with E-state index in [-0.39, 0.29) is 0 Å². The molecule has 1 aromatic heterocycles. The molecule has 1 N–H and O–H groups in total. The van der Waals surface area contributed by atoms with Crippen LogP contribution in [0.25, 0.3) is 0 Å². The van der Waals surface area contributed by atoms with Gasteiger partial charge < -0.3 is 5.11 Å². The molecule has 4 heteroatoms. The van der Waals surface area contributed by atoms with E-state index in [2.05, 4.69) is 34.6 Å². The average Bonchev–Trinajstić information content (AvgIpc) is 2.88. The molecule has 3 rings (SSSR count). The van der Waals surface area contributed by atoms with Gasteiger partial charge in [-0.2, -0.15) is 0 Å². The summed E-state index contributed by atoms with van der Waals surface area (Å²) in [6.07, 6.45) is 5.46. The molecule has 0 fully saturated rings. The number of fused-ring (bicyclic) bond motifs is 1. The lowest BCUT2D eigenvalue weighted by Gasteiger charge is -2.25. The van der Waals surface area contributed by atoms with Gasteiger partial charge in [-0.15, -0.1) is 5.10 Å². The minimum absolute atomic E-state index is 0.497. The largest absolute Gasteiger partial charge is 0.384 e. The average molecular weight is 271 g/mol. The SMILES string of the molecule is CC(C)(O)c1cn(CC2CCCc3ccccc32)nn1. The van der Waals surface area contributed by atoms with Crippen LogP contribution in [0.5, 0.6) is 0 Å². The molecule has 0 saturated carbocycles. The number of benzene rings is 1. The molecule has 0 spiro atoms. The first kappa shape index (κ1) is 13.3. The summed E-state index contributed by atoms with van der Waals surface area (Å²) in [5.41, 5.74) is 2.61. The Labute approximate surface area is 119 Å². The van der Waals surface area contributed by atoms with Gasteiger partial charge in [0.1, 0.15) is 11.3 Å². The molecule has 20 heavy (non-hydrogen) atoms. The van der Waals surface area contributed by atoms with Crippen LogP contribution in [0.4, 0.5) is 0 Å². The monoisotopic (exact) mass is 271 g/mol. The van der Waals surface area contributed by atoms with E-state index in [0.717, 1.165) is 6.54 Å². The predicted molar refractivity (Wildman–Crippen MR) is 77.4 cm³/mol. The van der Waals surface area contributed by atoms with E-state index < -0.39 is 5.60 Å². The molecule has 1 aliphatic carbocycles. The van der Waals surface area contributed by atoms with Crippen molar-refractivity contribution in [3.63, 3.8) is 0 Å². The molecular weight excluding hydrogens is 250 g/mol. The van der Waals surface area contributed by atoms with Crippen LogP contribution in [0, 0.1) is 0 Å². The first-order valence-electron chi connectivity index (χ1n) is 7.25. The third-order valence-corrected chi connectivity index (χ3v) is 4.07. The molecule has 0 bridgehead atoms. The van der Waals surface area contributed by atoms with Gasteiger partial charge >= 0.3 is 0 Å². The van der Waals surface area contributed by atoms with Gasteiger partial charge in [0.15, 0.2) is 0 Å². The van der Waals surface area contributed by atoms with E-state index in [9.17, 15) is 5.11 Å². The lowest BCUT2D eigenvalue weighted by Crippen LogP contribution is -2.17. The Bertz CT molecular complexity index is 598. The highest BCUT2D eigenvalue weighted by molar-refractivity contribution is 5.32. The van der Waals surface area contributed by atoms with Crippen molar-refractivity contribution in [3.05, 3.63) is 47.3 Å². The van der Waals surface area contributed by atoms with Gasteiger partial charge in [-0.05, 0) is 44.2 Å². The maximum Gasteiger partial charge on any atom is 0.114 e. The molecular formula is C16H21N3O. The highest BCUT2D eigenvalue weighted by Gasteiger charge is 2.23. The Morgan fingerprint density at radius 2 is 2.15 bits per heavy atom. The zero-order valence-electron chi connectivity index (χ0n) is 12.1. The summed E-state index contributed by atoms with van der Waals surface area (Å²) in [5, 5.41) is 18.2. The van der Waals surface area contributed by atoms with Crippen molar-refractivity contribution in [2.75, 3.05) is 0 Å². The van der Waals surface area contributed by atoms with Crippen molar-refractivity contribution in [3.8, 4) is 0 Å². The van der Waals surface area contributed by atoms with Gasteiger partial charge in [0, 0.05) is 12.5 Å². The van der Waals surface area contributed by atoms with E-state index in [0.29, 0.717) is 11.6 Å². The molecule has 1 atom stereocenters.